The lowest BCUT2D eigenvalue weighted by atomic mass is 10.1. The number of para-hydroxylation sites is 1. The number of ether oxygens (including phenoxy) is 2. The van der Waals surface area contributed by atoms with Crippen molar-refractivity contribution in [1.82, 2.24) is 0 Å². The van der Waals surface area contributed by atoms with E-state index in [1.165, 1.54) is 7.11 Å². The van der Waals surface area contributed by atoms with Crippen LogP contribution in [0.3, 0.4) is 0 Å². The Kier molecular flexibility index (Phi) is 6.20. The zero-order chi connectivity index (χ0) is 18.6. The highest BCUT2D eigenvalue weighted by Gasteiger charge is 2.20. The molecule has 2 aromatic carbocycles. The molecule has 0 heterocycles. The number of carbonyl (C=O) groups is 2. The van der Waals surface area contributed by atoms with Gasteiger partial charge in [0.1, 0.15) is 5.75 Å². The Morgan fingerprint density at radius 2 is 1.76 bits per heavy atom. The molecule has 6 heteroatoms. The van der Waals surface area contributed by atoms with Crippen LogP contribution >= 0.6 is 15.9 Å². The van der Waals surface area contributed by atoms with Crippen molar-refractivity contribution in [2.75, 3.05) is 12.4 Å². The summed E-state index contributed by atoms with van der Waals surface area (Å²) in [5.41, 5.74) is 2.97. The Balaban J connectivity index is 2.05. The van der Waals surface area contributed by atoms with E-state index in [4.69, 9.17) is 9.47 Å². The maximum atomic E-state index is 12.3. The second kappa shape index (κ2) is 8.16. The minimum Gasteiger partial charge on any atom is -0.496 e. The van der Waals surface area contributed by atoms with Crippen LogP contribution in [0.2, 0.25) is 0 Å². The van der Waals surface area contributed by atoms with E-state index in [2.05, 4.69) is 21.2 Å². The molecule has 1 N–H and O–H groups in total. The number of amides is 1. The maximum absolute atomic E-state index is 12.3. The van der Waals surface area contributed by atoms with Crippen molar-refractivity contribution in [3.63, 3.8) is 0 Å². The summed E-state index contributed by atoms with van der Waals surface area (Å²) in [7, 11) is 1.54. The first-order valence-electron chi connectivity index (χ1n) is 7.75. The van der Waals surface area contributed by atoms with E-state index in [1.54, 1.807) is 25.1 Å². The van der Waals surface area contributed by atoms with Gasteiger partial charge in [-0.3, -0.25) is 4.79 Å². The summed E-state index contributed by atoms with van der Waals surface area (Å²) in [6.07, 6.45) is -0.924. The van der Waals surface area contributed by atoms with Gasteiger partial charge in [0.2, 0.25) is 0 Å². The van der Waals surface area contributed by atoms with E-state index >= 15 is 0 Å². The van der Waals surface area contributed by atoms with Crippen LogP contribution in [0.15, 0.2) is 40.9 Å². The van der Waals surface area contributed by atoms with Crippen molar-refractivity contribution >= 4 is 33.5 Å². The number of halogens is 1. The van der Waals surface area contributed by atoms with Crippen LogP contribution in [0.1, 0.15) is 28.4 Å². The highest BCUT2D eigenvalue weighted by molar-refractivity contribution is 9.10. The molecule has 2 rings (SSSR count). The van der Waals surface area contributed by atoms with E-state index in [0.29, 0.717) is 15.8 Å². The predicted molar refractivity (Wildman–Crippen MR) is 100 cm³/mol. The molecule has 0 radical (unpaired) electrons. The van der Waals surface area contributed by atoms with Gasteiger partial charge in [0.15, 0.2) is 6.10 Å². The Morgan fingerprint density at radius 3 is 2.32 bits per heavy atom. The van der Waals surface area contributed by atoms with E-state index in [-0.39, 0.29) is 5.91 Å². The monoisotopic (exact) mass is 405 g/mol. The Hall–Kier alpha value is -2.34. The summed E-state index contributed by atoms with van der Waals surface area (Å²) in [5.74, 6) is -0.344. The standard InChI is InChI=1S/C19H20BrNO4/c1-11-6-5-7-12(2)17(11)21-18(22)13(3)25-19(23)14-8-9-16(24-4)15(20)10-14/h5-10,13H,1-4H3,(H,21,22)/t13-/m1/s1. The molecule has 132 valence electrons. The smallest absolute Gasteiger partial charge is 0.338 e. The normalized spacial score (nSPS) is 11.6. The minimum absolute atomic E-state index is 0.333. The Morgan fingerprint density at radius 1 is 1.12 bits per heavy atom. The van der Waals surface area contributed by atoms with Gasteiger partial charge < -0.3 is 14.8 Å². The number of anilines is 1. The SMILES string of the molecule is COc1ccc(C(=O)O[C@H](C)C(=O)Nc2c(C)cccc2C)cc1Br. The lowest BCUT2D eigenvalue weighted by molar-refractivity contribution is -0.123. The van der Waals surface area contributed by atoms with Crippen molar-refractivity contribution in [3.8, 4) is 5.75 Å². The lowest BCUT2D eigenvalue weighted by Crippen LogP contribution is -2.30. The molecule has 0 fully saturated rings. The Bertz CT molecular complexity index is 784. The third kappa shape index (κ3) is 4.60. The highest BCUT2D eigenvalue weighted by Crippen LogP contribution is 2.26. The highest BCUT2D eigenvalue weighted by atomic mass is 79.9. The second-order valence-electron chi connectivity index (χ2n) is 5.65. The number of nitrogens with one attached hydrogen (secondary N) is 1. The number of methoxy groups -OCH3 is 1. The molecular weight excluding hydrogens is 386 g/mol. The fourth-order valence-electron chi connectivity index (χ4n) is 2.31. The van der Waals surface area contributed by atoms with E-state index < -0.39 is 12.1 Å². The second-order valence-corrected chi connectivity index (χ2v) is 6.51. The van der Waals surface area contributed by atoms with Crippen molar-refractivity contribution in [2.45, 2.75) is 26.9 Å². The van der Waals surface area contributed by atoms with Crippen LogP contribution in [0.5, 0.6) is 5.75 Å². The quantitative estimate of drug-likeness (QED) is 0.754. The van der Waals surface area contributed by atoms with Crippen molar-refractivity contribution in [1.29, 1.82) is 0 Å². The average Bonchev–Trinajstić information content (AvgIpc) is 2.57. The van der Waals surface area contributed by atoms with Crippen molar-refractivity contribution in [2.24, 2.45) is 0 Å². The Labute approximate surface area is 155 Å². The van der Waals surface area contributed by atoms with Gasteiger partial charge in [0.25, 0.3) is 5.91 Å². The maximum Gasteiger partial charge on any atom is 0.338 e. The zero-order valence-electron chi connectivity index (χ0n) is 14.6. The largest absolute Gasteiger partial charge is 0.496 e. The zero-order valence-corrected chi connectivity index (χ0v) is 16.1. The van der Waals surface area contributed by atoms with Crippen LogP contribution in [-0.4, -0.2) is 25.1 Å². The first-order chi connectivity index (χ1) is 11.8. The van der Waals surface area contributed by atoms with E-state index in [1.807, 2.05) is 32.0 Å². The van der Waals surface area contributed by atoms with Crippen molar-refractivity contribution in [3.05, 3.63) is 57.6 Å². The number of benzene rings is 2. The molecule has 1 amide bonds. The van der Waals surface area contributed by atoms with Gasteiger partial charge in [-0.15, -0.1) is 0 Å². The first-order valence-corrected chi connectivity index (χ1v) is 8.54. The molecule has 0 spiro atoms. The van der Waals surface area contributed by atoms with Crippen molar-refractivity contribution < 1.29 is 19.1 Å². The molecule has 0 bridgehead atoms. The van der Waals surface area contributed by atoms with Gasteiger partial charge in [-0.1, -0.05) is 18.2 Å². The van der Waals surface area contributed by atoms with Crippen LogP contribution in [0, 0.1) is 13.8 Å². The van der Waals surface area contributed by atoms with E-state index in [0.717, 1.165) is 16.8 Å². The fourth-order valence-corrected chi connectivity index (χ4v) is 2.85. The molecule has 0 saturated carbocycles. The molecule has 1 atom stereocenters. The topological polar surface area (TPSA) is 64.6 Å². The average molecular weight is 406 g/mol. The molecule has 0 unspecified atom stereocenters. The molecule has 0 aromatic heterocycles. The summed E-state index contributed by atoms with van der Waals surface area (Å²) in [6.45, 7) is 5.36. The van der Waals surface area contributed by atoms with Gasteiger partial charge in [0, 0.05) is 5.69 Å². The number of rotatable bonds is 5. The molecule has 0 aliphatic rings. The molecule has 0 saturated heterocycles. The number of aryl methyl sites for hydroxylation is 2. The minimum atomic E-state index is -0.924. The van der Waals surface area contributed by atoms with Gasteiger partial charge in [0.05, 0.1) is 17.1 Å². The fraction of sp³-hybridized carbons (Fsp3) is 0.263. The number of carbonyl (C=O) groups excluding carboxylic acids is 2. The van der Waals surface area contributed by atoms with Gasteiger partial charge >= 0.3 is 5.97 Å². The third-order valence-corrected chi connectivity index (χ3v) is 4.39. The van der Waals surface area contributed by atoms with Gasteiger partial charge in [-0.05, 0) is 66.0 Å². The molecular formula is C19H20BrNO4. The molecule has 5 nitrogen and oxygen atoms in total. The third-order valence-electron chi connectivity index (χ3n) is 3.77. The lowest BCUT2D eigenvalue weighted by Gasteiger charge is -2.16. The summed E-state index contributed by atoms with van der Waals surface area (Å²) in [5, 5.41) is 2.82. The molecule has 2 aromatic rings. The number of hydrogen-bond donors (Lipinski definition) is 1. The summed E-state index contributed by atoms with van der Waals surface area (Å²) < 4.78 is 11.0. The number of hydrogen-bond acceptors (Lipinski definition) is 4. The summed E-state index contributed by atoms with van der Waals surface area (Å²) in [4.78, 5) is 24.6. The predicted octanol–water partition coefficient (Wildman–Crippen LogP) is 4.26. The molecule has 25 heavy (non-hydrogen) atoms. The van der Waals surface area contributed by atoms with E-state index in [9.17, 15) is 9.59 Å². The first kappa shape index (κ1) is 19.0. The van der Waals surface area contributed by atoms with Gasteiger partial charge in [-0.25, -0.2) is 4.79 Å². The molecule has 0 aliphatic carbocycles. The number of esters is 1. The summed E-state index contributed by atoms with van der Waals surface area (Å²) in [6, 6.07) is 10.6. The van der Waals surface area contributed by atoms with Gasteiger partial charge in [-0.2, -0.15) is 0 Å². The van der Waals surface area contributed by atoms with Crippen LogP contribution in [0.4, 0.5) is 5.69 Å². The van der Waals surface area contributed by atoms with Crippen LogP contribution < -0.4 is 10.1 Å². The van der Waals surface area contributed by atoms with Crippen LogP contribution in [0.25, 0.3) is 0 Å². The molecule has 0 aliphatic heterocycles. The van der Waals surface area contributed by atoms with Crippen LogP contribution in [-0.2, 0) is 9.53 Å². The summed E-state index contributed by atoms with van der Waals surface area (Å²) >= 11 is 3.32.